The number of halogens is 1. The van der Waals surface area contributed by atoms with E-state index in [0.29, 0.717) is 17.2 Å². The van der Waals surface area contributed by atoms with Gasteiger partial charge in [-0.25, -0.2) is 14.4 Å². The molecule has 0 saturated carbocycles. The van der Waals surface area contributed by atoms with E-state index in [4.69, 9.17) is 19.1 Å². The van der Waals surface area contributed by atoms with Crippen molar-refractivity contribution in [3.05, 3.63) is 41.8 Å². The van der Waals surface area contributed by atoms with Gasteiger partial charge in [0.1, 0.15) is 12.5 Å². The number of phosphoric acid groups is 1. The number of anilines is 5. The van der Waals surface area contributed by atoms with Crippen molar-refractivity contribution < 1.29 is 42.3 Å². The van der Waals surface area contributed by atoms with Crippen LogP contribution in [0.1, 0.15) is 26.8 Å². The van der Waals surface area contributed by atoms with Crippen molar-refractivity contribution in [2.45, 2.75) is 33.8 Å². The molecule has 4 rings (SSSR count). The Morgan fingerprint density at radius 1 is 1.20 bits per heavy atom. The topological polar surface area (TPSA) is 180 Å². The van der Waals surface area contributed by atoms with E-state index in [9.17, 15) is 18.6 Å². The van der Waals surface area contributed by atoms with Gasteiger partial charge < -0.3 is 34.6 Å². The molecular formula is C24H29FN6O8P-. The highest BCUT2D eigenvalue weighted by atomic mass is 31.2. The van der Waals surface area contributed by atoms with Crippen molar-refractivity contribution in [2.75, 3.05) is 36.5 Å². The van der Waals surface area contributed by atoms with E-state index in [1.807, 2.05) is 6.92 Å². The summed E-state index contributed by atoms with van der Waals surface area (Å²) in [6, 6.07) is 6.33. The van der Waals surface area contributed by atoms with Crippen LogP contribution in [0.25, 0.3) is 0 Å². The normalized spacial score (nSPS) is 15.2. The summed E-state index contributed by atoms with van der Waals surface area (Å²) >= 11 is 0. The van der Waals surface area contributed by atoms with Crippen molar-refractivity contribution in [1.82, 2.24) is 15.0 Å². The van der Waals surface area contributed by atoms with Gasteiger partial charge in [-0.1, -0.05) is 7.43 Å². The molecule has 0 bridgehead atoms. The van der Waals surface area contributed by atoms with Crippen LogP contribution in [0.15, 0.2) is 30.5 Å². The van der Waals surface area contributed by atoms with Gasteiger partial charge in [0.2, 0.25) is 5.95 Å². The maximum absolute atomic E-state index is 14.6. The number of hydrogen-bond acceptors (Lipinski definition) is 12. The van der Waals surface area contributed by atoms with E-state index >= 15 is 0 Å². The van der Waals surface area contributed by atoms with Crippen LogP contribution in [0, 0.1) is 12.7 Å². The van der Waals surface area contributed by atoms with Crippen LogP contribution in [-0.4, -0.2) is 52.3 Å². The minimum atomic E-state index is -5.15. The number of carbonyl (C=O) groups is 1. The summed E-state index contributed by atoms with van der Waals surface area (Å²) < 4.78 is 46.5. The van der Waals surface area contributed by atoms with Crippen LogP contribution >= 0.6 is 7.82 Å². The smallest absolute Gasteiger partial charge is 0.273 e. The number of carbonyl (C=O) groups excluding carboxylic acids is 1. The third-order valence-electron chi connectivity index (χ3n) is 5.48. The molecule has 0 radical (unpaired) electrons. The Bertz CT molecular complexity index is 1470. The maximum Gasteiger partial charge on any atom is 0.273 e. The lowest BCUT2D eigenvalue weighted by Crippen LogP contribution is -2.53. The van der Waals surface area contributed by atoms with Gasteiger partial charge in [0.15, 0.2) is 40.3 Å². The Morgan fingerprint density at radius 2 is 1.93 bits per heavy atom. The third-order valence-corrected chi connectivity index (χ3v) is 5.92. The zero-order chi connectivity index (χ0) is 28.5. The average molecular weight is 580 g/mol. The summed E-state index contributed by atoms with van der Waals surface area (Å²) in [7, 11) is -2.13. The number of benzene rings is 1. The Hall–Kier alpha value is -4.04. The van der Waals surface area contributed by atoms with E-state index in [1.165, 1.54) is 40.2 Å². The molecule has 14 nitrogen and oxygen atoms in total. The van der Waals surface area contributed by atoms with Crippen molar-refractivity contribution in [3.8, 4) is 17.2 Å². The fraction of sp³-hybridized carbons (Fsp3) is 0.333. The number of aryl methyl sites for hydroxylation is 1. The Labute approximate surface area is 229 Å². The lowest BCUT2D eigenvalue weighted by Gasteiger charge is -2.38. The van der Waals surface area contributed by atoms with Gasteiger partial charge in [-0.2, -0.15) is 4.98 Å². The molecular weight excluding hydrogens is 550 g/mol. The van der Waals surface area contributed by atoms with E-state index in [1.54, 1.807) is 12.1 Å². The molecule has 0 spiro atoms. The Morgan fingerprint density at radius 3 is 2.58 bits per heavy atom. The lowest BCUT2D eigenvalue weighted by molar-refractivity contribution is -0.219. The van der Waals surface area contributed by atoms with Crippen LogP contribution in [0.4, 0.5) is 33.5 Å². The molecule has 1 aliphatic heterocycles. The van der Waals surface area contributed by atoms with Crippen LogP contribution in [0.2, 0.25) is 0 Å². The molecule has 3 heterocycles. The van der Waals surface area contributed by atoms with Gasteiger partial charge >= 0.3 is 0 Å². The number of pyridine rings is 1. The molecule has 3 N–H and O–H groups in total. The number of nitrogens with one attached hydrogen (secondary N) is 2. The average Bonchev–Trinajstić information content (AvgIpc) is 2.85. The molecule has 1 unspecified atom stereocenters. The van der Waals surface area contributed by atoms with Gasteiger partial charge in [-0.05, 0) is 44.5 Å². The molecule has 1 atom stereocenters. The molecule has 40 heavy (non-hydrogen) atoms. The molecule has 1 amide bonds. The zero-order valence-corrected chi connectivity index (χ0v) is 22.4. The SMILES string of the molecule is C.COc1cc(Nc2ncc(F)c(Nc3ccc4c(n3)N(COP(=O)([O-])O)C(=O)C(C)(C)O4)n2)cc(C)c1OC. The van der Waals surface area contributed by atoms with Gasteiger partial charge in [0, 0.05) is 11.8 Å². The number of phosphoric ester groups is 1. The molecule has 1 aromatic carbocycles. The second-order valence-corrected chi connectivity index (χ2v) is 9.95. The summed E-state index contributed by atoms with van der Waals surface area (Å²) in [6.45, 7) is 3.91. The predicted octanol–water partition coefficient (Wildman–Crippen LogP) is 3.40. The Kier molecular flexibility index (Phi) is 8.84. The summed E-state index contributed by atoms with van der Waals surface area (Å²) in [5.74, 6) is -0.603. The van der Waals surface area contributed by atoms with Crippen LogP contribution in [0.3, 0.4) is 0 Å². The van der Waals surface area contributed by atoms with Gasteiger partial charge in [0.05, 0.1) is 20.4 Å². The fourth-order valence-corrected chi connectivity index (χ4v) is 4.02. The quantitative estimate of drug-likeness (QED) is 0.314. The van der Waals surface area contributed by atoms with Gasteiger partial charge in [0.25, 0.3) is 13.7 Å². The van der Waals surface area contributed by atoms with Gasteiger partial charge in [-0.15, -0.1) is 0 Å². The molecule has 3 aromatic rings. The number of amides is 1. The van der Waals surface area contributed by atoms with Crippen molar-refractivity contribution in [1.29, 1.82) is 0 Å². The first-order valence-corrected chi connectivity index (χ1v) is 12.8. The number of nitrogens with zero attached hydrogens (tertiary/aromatic N) is 4. The second-order valence-electron chi connectivity index (χ2n) is 8.76. The zero-order valence-electron chi connectivity index (χ0n) is 21.5. The fourth-order valence-electron chi connectivity index (χ4n) is 3.76. The summed E-state index contributed by atoms with van der Waals surface area (Å²) in [4.78, 5) is 46.2. The first-order chi connectivity index (χ1) is 18.3. The molecule has 0 aliphatic carbocycles. The second kappa shape index (κ2) is 11.6. The highest BCUT2D eigenvalue weighted by Gasteiger charge is 2.42. The minimum Gasteiger partial charge on any atom is -0.756 e. The monoisotopic (exact) mass is 579 g/mol. The summed E-state index contributed by atoms with van der Waals surface area (Å²) in [5, 5.41) is 5.68. The first-order valence-electron chi connectivity index (χ1n) is 11.3. The summed E-state index contributed by atoms with van der Waals surface area (Å²) in [5.41, 5.74) is -0.0407. The predicted molar refractivity (Wildman–Crippen MR) is 142 cm³/mol. The van der Waals surface area contributed by atoms with E-state index in [0.717, 1.165) is 16.7 Å². The number of rotatable bonds is 9. The minimum absolute atomic E-state index is 0. The van der Waals surface area contributed by atoms with E-state index in [2.05, 4.69) is 30.1 Å². The van der Waals surface area contributed by atoms with Crippen molar-refractivity contribution in [2.24, 2.45) is 0 Å². The first kappa shape index (κ1) is 30.5. The standard InChI is InChI=1S/C23H26FN6O8P.CH4/c1-12-8-13(9-16(35-4)18(12)36-5)26-22-25-10-14(24)19(29-22)27-17-7-6-15-20(28-17)30(11-37-39(32,33)34)21(31)23(2,3)38-15;/h6-10H,11H2,1-5H3,(H2,32,33,34)(H2,25,26,27,28,29);1H4/p-1. The number of aromatic nitrogens is 3. The van der Waals surface area contributed by atoms with E-state index < -0.39 is 31.9 Å². The highest BCUT2D eigenvalue weighted by Crippen LogP contribution is 2.40. The van der Waals surface area contributed by atoms with E-state index in [-0.39, 0.29) is 36.6 Å². The molecule has 0 saturated heterocycles. The third kappa shape index (κ3) is 6.57. The van der Waals surface area contributed by atoms with Gasteiger partial charge in [-0.3, -0.25) is 18.8 Å². The van der Waals surface area contributed by atoms with Crippen LogP contribution < -0.4 is 34.6 Å². The summed E-state index contributed by atoms with van der Waals surface area (Å²) in [6.07, 6.45) is 0.950. The van der Waals surface area contributed by atoms with Crippen molar-refractivity contribution >= 4 is 42.8 Å². The maximum atomic E-state index is 14.6. The number of ether oxygens (including phenoxy) is 3. The molecule has 2 aromatic heterocycles. The van der Waals surface area contributed by atoms with Crippen LogP contribution in [0.5, 0.6) is 17.2 Å². The molecule has 216 valence electrons. The molecule has 16 heteroatoms. The Balaban J connectivity index is 0.00000441. The largest absolute Gasteiger partial charge is 0.756 e. The number of methoxy groups -OCH3 is 2. The molecule has 0 fully saturated rings. The van der Waals surface area contributed by atoms with Crippen LogP contribution in [-0.2, 0) is 13.9 Å². The number of hydrogen-bond donors (Lipinski definition) is 3. The lowest BCUT2D eigenvalue weighted by atomic mass is 10.1. The molecule has 1 aliphatic rings. The highest BCUT2D eigenvalue weighted by molar-refractivity contribution is 7.44. The van der Waals surface area contributed by atoms with Crippen molar-refractivity contribution in [3.63, 3.8) is 0 Å². The number of fused-ring (bicyclic) bond motifs is 1.